The number of rotatable bonds is 2. The predicted octanol–water partition coefficient (Wildman–Crippen LogP) is 0.219. The third-order valence-electron chi connectivity index (χ3n) is 2.90. The van der Waals surface area contributed by atoms with Crippen LogP contribution >= 0.6 is 0 Å². The van der Waals surface area contributed by atoms with Crippen LogP contribution in [0.5, 0.6) is 0 Å². The fourth-order valence-electron chi connectivity index (χ4n) is 2.33. The van der Waals surface area contributed by atoms with Crippen molar-refractivity contribution >= 4 is 11.9 Å². The Labute approximate surface area is 124 Å². The molecule has 2 rings (SSSR count). The second-order valence-corrected chi connectivity index (χ2v) is 5.45. The molecule has 0 spiro atoms. The van der Waals surface area contributed by atoms with Crippen LogP contribution in [0.3, 0.4) is 0 Å². The maximum Gasteiger partial charge on any atom is 0.336 e. The molecule has 0 aromatic carbocycles. The van der Waals surface area contributed by atoms with Gasteiger partial charge in [0.2, 0.25) is 5.91 Å². The molecule has 0 radical (unpaired) electrons. The number of primary amides is 1. The summed E-state index contributed by atoms with van der Waals surface area (Å²) in [5.41, 5.74) is 10.8. The lowest BCUT2D eigenvalue weighted by Crippen LogP contribution is -2.40. The molecule has 1 saturated heterocycles. The van der Waals surface area contributed by atoms with Crippen LogP contribution in [0.2, 0.25) is 0 Å². The number of ether oxygens (including phenoxy) is 3. The molecule has 0 bridgehead atoms. The van der Waals surface area contributed by atoms with Crippen LogP contribution in [0.1, 0.15) is 34.1 Å². The second kappa shape index (κ2) is 7.02. The highest BCUT2D eigenvalue weighted by Crippen LogP contribution is 2.37. The van der Waals surface area contributed by atoms with Gasteiger partial charge in [0.1, 0.15) is 6.10 Å². The molecule has 3 atom stereocenters. The Kier molecular flexibility index (Phi) is 5.88. The van der Waals surface area contributed by atoms with Crippen LogP contribution in [-0.4, -0.2) is 42.5 Å². The van der Waals surface area contributed by atoms with Gasteiger partial charge in [-0.3, -0.25) is 4.79 Å². The van der Waals surface area contributed by atoms with Crippen LogP contribution in [0.4, 0.5) is 0 Å². The number of nitrogens with two attached hydrogens (primary N) is 2. The summed E-state index contributed by atoms with van der Waals surface area (Å²) in [6, 6.07) is -0.187. The highest BCUT2D eigenvalue weighted by molar-refractivity contribution is 5.90. The molecular weight excluding hydrogens is 276 g/mol. The quantitative estimate of drug-likeness (QED) is 0.705. The van der Waals surface area contributed by atoms with Crippen molar-refractivity contribution in [3.63, 3.8) is 0 Å². The lowest BCUT2D eigenvalue weighted by atomic mass is 9.91. The van der Waals surface area contributed by atoms with Gasteiger partial charge in [0.15, 0.2) is 5.79 Å². The Balaban J connectivity index is 0.000000491. The van der Waals surface area contributed by atoms with E-state index in [1.54, 1.807) is 13.0 Å². The first-order valence-electron chi connectivity index (χ1n) is 6.92. The van der Waals surface area contributed by atoms with Crippen molar-refractivity contribution < 1.29 is 23.8 Å². The molecule has 120 valence electrons. The largest absolute Gasteiger partial charge is 0.463 e. The van der Waals surface area contributed by atoms with Crippen molar-refractivity contribution in [3.05, 3.63) is 11.6 Å². The standard InChI is InChI=1S/C12H19NO4.C2H5NO/c1-4-15-11(14)8-5-7(13)6-9-10(8)17-12(2,3)16-9;1-2(3)4/h5,7,9-10H,4,6,13H2,1-3H3;1H3,(H2,3,4). The number of carbonyl (C=O) groups is 2. The minimum Gasteiger partial charge on any atom is -0.463 e. The van der Waals surface area contributed by atoms with Crippen molar-refractivity contribution in [2.75, 3.05) is 6.61 Å². The average Bonchev–Trinajstić information content (AvgIpc) is 2.61. The molecule has 0 aromatic rings. The molecule has 1 fully saturated rings. The zero-order valence-electron chi connectivity index (χ0n) is 12.9. The number of amides is 1. The van der Waals surface area contributed by atoms with E-state index in [1.807, 2.05) is 13.8 Å². The molecule has 1 amide bonds. The molecule has 1 aliphatic heterocycles. The van der Waals surface area contributed by atoms with E-state index < -0.39 is 5.79 Å². The van der Waals surface area contributed by atoms with Crippen molar-refractivity contribution in [1.29, 1.82) is 0 Å². The Bertz CT molecular complexity index is 429. The fourth-order valence-corrected chi connectivity index (χ4v) is 2.33. The van der Waals surface area contributed by atoms with Crippen LogP contribution in [0.25, 0.3) is 0 Å². The molecule has 7 nitrogen and oxygen atoms in total. The third kappa shape index (κ3) is 5.11. The molecule has 0 aromatic heterocycles. The fraction of sp³-hybridized carbons (Fsp3) is 0.714. The summed E-state index contributed by atoms with van der Waals surface area (Å²) >= 11 is 0. The van der Waals surface area contributed by atoms with Gasteiger partial charge in [-0.15, -0.1) is 0 Å². The van der Waals surface area contributed by atoms with Gasteiger partial charge in [-0.05, 0) is 27.2 Å². The lowest BCUT2D eigenvalue weighted by molar-refractivity contribution is -0.148. The molecule has 0 saturated carbocycles. The summed E-state index contributed by atoms with van der Waals surface area (Å²) in [6.45, 7) is 7.08. The van der Waals surface area contributed by atoms with Gasteiger partial charge in [-0.2, -0.15) is 0 Å². The van der Waals surface area contributed by atoms with E-state index in [9.17, 15) is 9.59 Å². The smallest absolute Gasteiger partial charge is 0.336 e. The van der Waals surface area contributed by atoms with Gasteiger partial charge >= 0.3 is 5.97 Å². The Hall–Kier alpha value is -1.44. The SMILES string of the molecule is CC(N)=O.CCOC(=O)C1=CC(N)CC2OC(C)(C)OC12. The number of hydrogen-bond donors (Lipinski definition) is 2. The molecule has 1 aliphatic carbocycles. The lowest BCUT2D eigenvalue weighted by Gasteiger charge is -2.26. The first-order chi connectivity index (χ1) is 9.66. The molecule has 2 aliphatic rings. The summed E-state index contributed by atoms with van der Waals surface area (Å²) in [5, 5.41) is 0. The minimum absolute atomic E-state index is 0.163. The van der Waals surface area contributed by atoms with Crippen molar-refractivity contribution in [1.82, 2.24) is 0 Å². The molecule has 1 heterocycles. The van der Waals surface area contributed by atoms with Crippen LogP contribution in [0.15, 0.2) is 11.6 Å². The first kappa shape index (κ1) is 17.6. The predicted molar refractivity (Wildman–Crippen MR) is 76.0 cm³/mol. The first-order valence-corrected chi connectivity index (χ1v) is 6.92. The monoisotopic (exact) mass is 300 g/mol. The van der Waals surface area contributed by atoms with E-state index in [0.29, 0.717) is 18.6 Å². The zero-order chi connectivity index (χ0) is 16.2. The number of esters is 1. The topological polar surface area (TPSA) is 114 Å². The number of carbonyl (C=O) groups excluding carboxylic acids is 2. The van der Waals surface area contributed by atoms with Crippen molar-refractivity contribution in [2.45, 2.75) is 58.2 Å². The molecule has 21 heavy (non-hydrogen) atoms. The number of hydrogen-bond acceptors (Lipinski definition) is 6. The highest BCUT2D eigenvalue weighted by Gasteiger charge is 2.47. The van der Waals surface area contributed by atoms with E-state index in [1.165, 1.54) is 6.92 Å². The molecular formula is C14H24N2O5. The Morgan fingerprint density at radius 2 is 2.00 bits per heavy atom. The number of fused-ring (bicyclic) bond motifs is 1. The maximum atomic E-state index is 11.8. The van der Waals surface area contributed by atoms with Crippen LogP contribution < -0.4 is 11.5 Å². The summed E-state index contributed by atoms with van der Waals surface area (Å²) in [5.74, 6) is -1.37. The second-order valence-electron chi connectivity index (χ2n) is 5.45. The molecule has 3 unspecified atom stereocenters. The van der Waals surface area contributed by atoms with E-state index >= 15 is 0 Å². The summed E-state index contributed by atoms with van der Waals surface area (Å²) in [6.07, 6.45) is 1.87. The Morgan fingerprint density at radius 1 is 1.43 bits per heavy atom. The van der Waals surface area contributed by atoms with Gasteiger partial charge < -0.3 is 25.7 Å². The molecule has 4 N–H and O–H groups in total. The van der Waals surface area contributed by atoms with E-state index in [4.69, 9.17) is 19.9 Å². The van der Waals surface area contributed by atoms with E-state index in [0.717, 1.165) is 0 Å². The minimum atomic E-state index is -0.676. The third-order valence-corrected chi connectivity index (χ3v) is 2.90. The van der Waals surface area contributed by atoms with E-state index in [2.05, 4.69) is 5.73 Å². The normalized spacial score (nSPS) is 29.6. The Morgan fingerprint density at radius 3 is 2.52 bits per heavy atom. The highest BCUT2D eigenvalue weighted by atomic mass is 16.8. The summed E-state index contributed by atoms with van der Waals surface area (Å²) in [4.78, 5) is 21.0. The van der Waals surface area contributed by atoms with E-state index in [-0.39, 0.29) is 30.1 Å². The van der Waals surface area contributed by atoms with Crippen molar-refractivity contribution in [2.24, 2.45) is 11.5 Å². The van der Waals surface area contributed by atoms with Gasteiger partial charge in [0, 0.05) is 13.0 Å². The van der Waals surface area contributed by atoms with Gasteiger partial charge in [-0.1, -0.05) is 6.08 Å². The van der Waals surface area contributed by atoms with Gasteiger partial charge in [0.25, 0.3) is 0 Å². The maximum absolute atomic E-state index is 11.8. The van der Waals surface area contributed by atoms with Crippen LogP contribution in [-0.2, 0) is 23.8 Å². The summed E-state index contributed by atoms with van der Waals surface area (Å²) < 4.78 is 16.5. The van der Waals surface area contributed by atoms with Gasteiger partial charge in [-0.25, -0.2) is 4.79 Å². The van der Waals surface area contributed by atoms with Gasteiger partial charge in [0.05, 0.1) is 18.3 Å². The zero-order valence-corrected chi connectivity index (χ0v) is 12.9. The van der Waals surface area contributed by atoms with Crippen molar-refractivity contribution in [3.8, 4) is 0 Å². The average molecular weight is 300 g/mol. The molecule has 7 heteroatoms. The summed E-state index contributed by atoms with van der Waals surface area (Å²) in [7, 11) is 0. The van der Waals surface area contributed by atoms with Crippen LogP contribution in [0, 0.1) is 0 Å².